The third kappa shape index (κ3) is 26.1. The third-order valence-corrected chi connectivity index (χ3v) is 25.0. The molecule has 6 fully saturated rings. The molecule has 145 heavy (non-hydrogen) atoms. The number of aliphatic hydroxyl groups is 12. The number of phosphoric acid groups is 6. The summed E-state index contributed by atoms with van der Waals surface area (Å²) in [6.07, 6.45) is -16.7. The van der Waals surface area contributed by atoms with E-state index in [2.05, 4.69) is 118 Å². The van der Waals surface area contributed by atoms with E-state index in [4.69, 9.17) is 121 Å². The number of rotatable bonds is 27. The van der Waals surface area contributed by atoms with Gasteiger partial charge in [0.1, 0.15) is 150 Å². The van der Waals surface area contributed by atoms with Crippen molar-refractivity contribution in [3.05, 3.63) is 108 Å². The average Bonchev–Trinajstić information content (AvgIpc) is 1.65. The number of imidazole rings is 6. The zero-order valence-electron chi connectivity index (χ0n) is 74.1. The molecular formula is C67H92ClN29O42P6. The number of nitrogen functional groups attached to an aromatic ring is 2. The molecule has 12 aromatic heterocycles. The summed E-state index contributed by atoms with van der Waals surface area (Å²) < 4.78 is 133. The number of ether oxygens (including phenoxy) is 6. The number of halogens is 1. The van der Waals surface area contributed by atoms with Gasteiger partial charge in [0.25, 0.3) is 0 Å². The fraction of sp³-hybridized carbons (Fsp3) is 0.507. The molecule has 794 valence electrons. The second-order valence-electron chi connectivity index (χ2n) is 31.4. The molecule has 0 radical (unpaired) electrons. The number of hydrogen-bond acceptors (Lipinski definition) is 50. The van der Waals surface area contributed by atoms with Crippen LogP contribution in [0.5, 0.6) is 0 Å². The molecule has 12 aromatic rings. The van der Waals surface area contributed by atoms with E-state index in [0.29, 0.717) is 55.7 Å². The Kier molecular flexibility index (Phi) is 35.3. The van der Waals surface area contributed by atoms with E-state index < -0.39 is 234 Å². The number of fused-ring (bicyclic) bond motifs is 6. The van der Waals surface area contributed by atoms with Gasteiger partial charge >= 0.3 is 46.9 Å². The van der Waals surface area contributed by atoms with Gasteiger partial charge in [0.2, 0.25) is 5.95 Å². The largest absolute Gasteiger partial charge is 0.469 e. The van der Waals surface area contributed by atoms with Gasteiger partial charge in [-0.05, 0) is 35.8 Å². The van der Waals surface area contributed by atoms with Gasteiger partial charge in [0.05, 0.1) is 94.0 Å². The summed E-state index contributed by atoms with van der Waals surface area (Å²) in [4.78, 5) is 165. The number of aromatic nitrogens is 21. The number of pyridine rings is 3. The topological polar surface area (TPSA) is 1060 Å². The Hall–Kier alpha value is -9.95. The molecule has 71 nitrogen and oxygen atoms in total. The number of phosphoric ester groups is 6. The minimum atomic E-state index is -4.80. The maximum absolute atomic E-state index is 10.8. The van der Waals surface area contributed by atoms with Gasteiger partial charge in [-0.2, -0.15) is 0 Å². The maximum Gasteiger partial charge on any atom is 0.469 e. The first-order valence-electron chi connectivity index (χ1n) is 41.2. The normalized spacial score (nSPS) is 27.6. The van der Waals surface area contributed by atoms with Crippen LogP contribution in [-0.4, -0.2) is 385 Å². The number of azide groups is 1. The van der Waals surface area contributed by atoms with Crippen molar-refractivity contribution in [3.8, 4) is 0 Å². The molecule has 0 bridgehead atoms. The Morgan fingerprint density at radius 3 is 1.12 bits per heavy atom. The molecule has 0 spiro atoms. The van der Waals surface area contributed by atoms with Gasteiger partial charge in [0, 0.05) is 44.6 Å². The summed E-state index contributed by atoms with van der Waals surface area (Å²) in [6.45, 7) is -1.92. The molecule has 24 atom stereocenters. The van der Waals surface area contributed by atoms with Crippen LogP contribution in [-0.2, 0) is 90.0 Å². The number of aryl methyl sites for hydroxylation is 2. The highest BCUT2D eigenvalue weighted by molar-refractivity contribution is 7.47. The van der Waals surface area contributed by atoms with Crippen molar-refractivity contribution in [2.75, 3.05) is 75.8 Å². The fourth-order valence-corrected chi connectivity index (χ4v) is 17.2. The van der Waals surface area contributed by atoms with E-state index in [-0.39, 0.29) is 50.9 Å². The molecule has 0 amide bonds. The lowest BCUT2D eigenvalue weighted by atomic mass is 10.1. The number of nitrogens with one attached hydrogen (secondary N) is 3. The van der Waals surface area contributed by atoms with Crippen LogP contribution < -0.4 is 27.6 Å². The van der Waals surface area contributed by atoms with Crippen molar-refractivity contribution >= 4 is 154 Å². The number of nitrogens with two attached hydrogens (primary N) is 2. The molecule has 0 unspecified atom stereocenters. The average molecular weight is 2200 g/mol. The monoisotopic (exact) mass is 2200 g/mol. The van der Waals surface area contributed by atoms with Crippen LogP contribution in [0.15, 0.2) is 86.2 Å². The van der Waals surface area contributed by atoms with Crippen molar-refractivity contribution in [3.63, 3.8) is 0 Å². The third-order valence-electron chi connectivity index (χ3n) is 21.8. The Balaban J connectivity index is 0.000000146. The van der Waals surface area contributed by atoms with Crippen LogP contribution >= 0.6 is 58.5 Å². The summed E-state index contributed by atoms with van der Waals surface area (Å²) >= 11 is 6.00. The van der Waals surface area contributed by atoms with E-state index in [1.54, 1.807) is 46.4 Å². The number of anilines is 4. The molecule has 18 rings (SSSR count). The van der Waals surface area contributed by atoms with Crippen LogP contribution in [0, 0.1) is 12.3 Å². The van der Waals surface area contributed by atoms with E-state index in [9.17, 15) is 88.7 Å². The molecule has 78 heteroatoms. The summed E-state index contributed by atoms with van der Waals surface area (Å²) in [5.74, 6) is 0.882. The van der Waals surface area contributed by atoms with Crippen molar-refractivity contribution in [1.29, 1.82) is 5.41 Å². The predicted molar refractivity (Wildman–Crippen MR) is 476 cm³/mol. The van der Waals surface area contributed by atoms with Crippen molar-refractivity contribution in [2.24, 2.45) is 12.2 Å². The molecule has 0 aromatic carbocycles. The molecule has 31 N–H and O–H groups in total. The minimum absolute atomic E-state index is 0.105. The molecule has 0 saturated carbocycles. The zero-order valence-corrected chi connectivity index (χ0v) is 80.3. The molecule has 0 aliphatic carbocycles. The molecule has 6 saturated heterocycles. The Morgan fingerprint density at radius 2 is 0.731 bits per heavy atom. The maximum atomic E-state index is 10.8. The van der Waals surface area contributed by atoms with E-state index in [0.717, 1.165) is 10.3 Å². The first-order chi connectivity index (χ1) is 68.0. The highest BCUT2D eigenvalue weighted by Crippen LogP contribution is 2.47. The highest BCUT2D eigenvalue weighted by Gasteiger charge is 2.52. The van der Waals surface area contributed by atoms with Gasteiger partial charge < -0.3 is 175 Å². The van der Waals surface area contributed by atoms with Gasteiger partial charge in [-0.25, -0.2) is 97.2 Å². The van der Waals surface area contributed by atoms with Crippen molar-refractivity contribution in [1.82, 2.24) is 102 Å². The van der Waals surface area contributed by atoms with Crippen LogP contribution in [0.4, 0.5) is 29.0 Å². The molecule has 6 aliphatic heterocycles. The Bertz CT molecular complexity index is 6890. The smallest absolute Gasteiger partial charge is 0.397 e. The lowest BCUT2D eigenvalue weighted by Gasteiger charge is -2.18. The van der Waals surface area contributed by atoms with E-state index in [1.165, 1.54) is 90.2 Å². The second-order valence-corrected chi connectivity index (χ2v) is 39.2. The van der Waals surface area contributed by atoms with Crippen molar-refractivity contribution < 1.29 is 203 Å². The van der Waals surface area contributed by atoms with Crippen LogP contribution in [0.3, 0.4) is 0 Å². The number of nitrogens with zero attached hydrogens (tertiary/aromatic N) is 24. The number of aliphatic hydroxyl groups excluding tert-OH is 12. The van der Waals surface area contributed by atoms with Gasteiger partial charge in [-0.15, -0.1) is 0 Å². The quantitative estimate of drug-likeness (QED) is 0.00985. The van der Waals surface area contributed by atoms with E-state index in [1.807, 2.05) is 0 Å². The summed E-state index contributed by atoms with van der Waals surface area (Å²) in [5.41, 5.74) is 25.3. The first kappa shape index (κ1) is 112. The molecule has 18 heterocycles. The summed E-state index contributed by atoms with van der Waals surface area (Å²) in [7, 11) is -23.3. The standard InChI is InChI=1S/C12H18N5O7P.C12H17N4O7P.C11H13ClN3O7P.C11H14N7O7P.C11H16N5O7P.C10H14N5O7P/c1-5-15-10(13-2)7-11(16-5)17(4-14-7)12-9(19)8(18)6(24-12)3-23-25(20,21)22;1-13-6-2-3-14-11-8(6)15-5-16(11)12-10(18)9(17)7(23-12)4-22-24(19,20)21;12-5-1-2-13-10-7(5)14-4-15(10)11-9(17)8(16)6(22-11)3-21-23(18,19)20;12-4-1-2-14-9-6(4)15-11(16-17-13)18(9)10-8(20)7(19)5(25-10)3-24-26(21,22)23;1-15-3-14-10-6(9(15)12)13-4-16(10)11-8(18)7(17)5(23-11)2-22-24(19,20)21;11-8-5-9(13-2-12-8)15(3-14-5)10-7(17)6(16)4(22-10)1-21-23(18,19)20/h4,6,8-9,12,18-19H,3H2,1-2H3,(H,13,15,16)(H2,20,21,22);2-3,5,7,9-10,12,17-18H,4H2,1H3,(H,13,14)(H2,19,20,21);1-2,4,6,8-9,11,16-17H,3H2,(H2,18,19,20);1-2,5,7-8,10,19-20H,3H2,(H2,12,14)(H2,21,22,23);3-5,7-8,11-12,17-18H,2H2,1H3,(H2,19,20,21);2-4,6-7,10,16-17H,1H2,(H2,11,12,13)(H2,18,19,20)/t6-,8-,9-,12-;7-,9-,10-,12-;6-,8-,9-,11-;5-,7-,8-,10-;5-,7-,8-,11-;4-,6-,7-,10-/m111111/s1. The van der Waals surface area contributed by atoms with Crippen LogP contribution in [0.25, 0.3) is 77.4 Å². The lowest BCUT2D eigenvalue weighted by Crippen LogP contribution is -2.33. The fourth-order valence-electron chi connectivity index (χ4n) is 15.0. The summed E-state index contributed by atoms with van der Waals surface area (Å²) in [6, 6.07) is 4.76. The molecular weight excluding hydrogens is 2100 g/mol. The van der Waals surface area contributed by atoms with Gasteiger partial charge in [-0.1, -0.05) is 11.6 Å². The second kappa shape index (κ2) is 45.6. The van der Waals surface area contributed by atoms with Gasteiger partial charge in [0.15, 0.2) is 93.9 Å². The Labute approximate surface area is 811 Å². The Morgan fingerprint density at radius 1 is 0.400 bits per heavy atom. The SMILES string of the molecule is CNc1ccnc2c1ncn2[C@@H]1O[C@H](COP(=O)(O)O)[C@@H](O)[C@H]1O.CNc1nc(C)nc2c1ncn2[C@@H]1O[C@H](COP(=O)(O)O)[C@@H](O)[C@H]1O.Cn1cnc2c(ncn2[C@@H]2O[C@H](COP(=O)(O)O)[C@@H](O)[C@H]2O)c1=N.Nc1ncnc2c1ncn2[C@@H]1O[C@H](COP(=O)(O)O)[C@@H](O)[C@H]1O.O=P(O)(O)OC[C@H]1O[C@@H](n2cnc3c(Cl)ccnc32)[C@H](O)[C@@H]1O.[N-]=[N+]=Nc1nc2c(N)ccnc2n1[C@@H]1O[C@H](COP(=O)(O)O)[C@@H](O)[C@H]1O. The van der Waals surface area contributed by atoms with Gasteiger partial charge in [-0.3, -0.25) is 60.0 Å². The van der Waals surface area contributed by atoms with Crippen LogP contribution in [0.1, 0.15) is 43.2 Å². The first-order valence-corrected chi connectivity index (χ1v) is 50.7. The van der Waals surface area contributed by atoms with Crippen molar-refractivity contribution in [2.45, 2.75) is 154 Å². The molecule has 6 aliphatic rings. The predicted octanol–water partition coefficient (Wildman–Crippen LogP) is -6.28. The minimum Gasteiger partial charge on any atom is -0.397 e. The lowest BCUT2D eigenvalue weighted by molar-refractivity contribution is -0.0504. The zero-order chi connectivity index (χ0) is 106. The van der Waals surface area contributed by atoms with Crippen LogP contribution in [0.2, 0.25) is 5.02 Å². The highest BCUT2D eigenvalue weighted by atomic mass is 35.5. The summed E-state index contributed by atoms with van der Waals surface area (Å²) in [5, 5.41) is 139. The number of hydrogen-bond donors (Lipinski definition) is 29. The van der Waals surface area contributed by atoms with E-state index >= 15 is 0 Å².